The molecule has 28 heavy (non-hydrogen) atoms. The van der Waals surface area contributed by atoms with Gasteiger partial charge in [0.15, 0.2) is 5.03 Å². The zero-order valence-electron chi connectivity index (χ0n) is 15.5. The van der Waals surface area contributed by atoms with E-state index < -0.39 is 16.1 Å². The van der Waals surface area contributed by atoms with E-state index >= 15 is 0 Å². The molecule has 3 heterocycles. The van der Waals surface area contributed by atoms with Crippen molar-refractivity contribution in [2.45, 2.75) is 36.8 Å². The van der Waals surface area contributed by atoms with Crippen LogP contribution in [0.25, 0.3) is 0 Å². The number of nitrogens with zero attached hydrogens (tertiary/aromatic N) is 4. The predicted octanol–water partition coefficient (Wildman–Crippen LogP) is 3.57. The molecular weight excluding hydrogens is 400 g/mol. The van der Waals surface area contributed by atoms with Gasteiger partial charge in [0.05, 0.1) is 12.5 Å². The summed E-state index contributed by atoms with van der Waals surface area (Å²) in [7, 11) is -1.96. The Morgan fingerprint density at radius 1 is 1.21 bits per heavy atom. The van der Waals surface area contributed by atoms with Gasteiger partial charge in [0, 0.05) is 31.2 Å². The van der Waals surface area contributed by atoms with E-state index in [1.54, 1.807) is 17.8 Å². The molecule has 1 aliphatic rings. The fourth-order valence-corrected chi connectivity index (χ4v) is 5.19. The van der Waals surface area contributed by atoms with Gasteiger partial charge in [0.25, 0.3) is 10.0 Å². The number of sulfonamides is 1. The topological polar surface area (TPSA) is 81.2 Å². The predicted molar refractivity (Wildman–Crippen MR) is 104 cm³/mol. The number of imidazole rings is 1. The monoisotopic (exact) mass is 420 g/mol. The van der Waals surface area contributed by atoms with Gasteiger partial charge < -0.3 is 8.98 Å². The quantitative estimate of drug-likeness (QED) is 0.630. The number of piperidine rings is 1. The fraction of sp³-hybridized carbons (Fsp3) is 0.368. The first-order valence-corrected chi connectivity index (χ1v) is 10.9. The molecule has 1 unspecified atom stereocenters. The fourth-order valence-electron chi connectivity index (χ4n) is 3.44. The molecule has 1 aliphatic heterocycles. The lowest BCUT2D eigenvalue weighted by atomic mass is 10.1. The van der Waals surface area contributed by atoms with Crippen molar-refractivity contribution >= 4 is 21.6 Å². The number of halogens is 1. The first-order chi connectivity index (χ1) is 13.4. The summed E-state index contributed by atoms with van der Waals surface area (Å²) in [6.07, 6.45) is 7.65. The highest BCUT2D eigenvalue weighted by molar-refractivity contribution is 7.89. The van der Waals surface area contributed by atoms with Gasteiger partial charge in [-0.2, -0.15) is 4.31 Å². The minimum Gasteiger partial charge on any atom is -0.444 e. The van der Waals surface area contributed by atoms with Crippen molar-refractivity contribution in [3.05, 3.63) is 65.2 Å². The third-order valence-electron chi connectivity index (χ3n) is 4.86. The first-order valence-electron chi connectivity index (χ1n) is 9.12. The molecule has 4 rings (SSSR count). The summed E-state index contributed by atoms with van der Waals surface area (Å²) in [5, 5.41) is 0.731. The van der Waals surface area contributed by atoms with Crippen molar-refractivity contribution in [3.8, 4) is 0 Å². The molecule has 1 fully saturated rings. The molecule has 0 N–H and O–H groups in total. The Kier molecular flexibility index (Phi) is 5.27. The van der Waals surface area contributed by atoms with Crippen LogP contribution in [-0.2, 0) is 23.5 Å². The Balaban J connectivity index is 1.58. The molecule has 0 radical (unpaired) electrons. The molecule has 7 nitrogen and oxygen atoms in total. The van der Waals surface area contributed by atoms with Crippen molar-refractivity contribution < 1.29 is 12.8 Å². The van der Waals surface area contributed by atoms with Crippen LogP contribution in [0.5, 0.6) is 0 Å². The van der Waals surface area contributed by atoms with Crippen LogP contribution in [-0.4, -0.2) is 33.8 Å². The highest BCUT2D eigenvalue weighted by Crippen LogP contribution is 2.35. The van der Waals surface area contributed by atoms with E-state index in [2.05, 4.69) is 9.97 Å². The number of benzene rings is 1. The molecule has 1 atom stereocenters. The number of oxazole rings is 1. The van der Waals surface area contributed by atoms with Crippen LogP contribution in [0.4, 0.5) is 0 Å². The zero-order chi connectivity index (χ0) is 19.7. The lowest BCUT2D eigenvalue weighted by Crippen LogP contribution is -2.38. The van der Waals surface area contributed by atoms with Crippen LogP contribution >= 0.6 is 11.6 Å². The van der Waals surface area contributed by atoms with E-state index in [4.69, 9.17) is 16.0 Å². The number of rotatable bonds is 5. The minimum atomic E-state index is -3.71. The van der Waals surface area contributed by atoms with Crippen molar-refractivity contribution in [1.82, 2.24) is 18.8 Å². The second-order valence-corrected chi connectivity index (χ2v) is 9.25. The summed E-state index contributed by atoms with van der Waals surface area (Å²) in [5.74, 6) is 1.13. The number of aromatic nitrogens is 3. The average Bonchev–Trinajstić information content (AvgIpc) is 3.33. The third-order valence-corrected chi connectivity index (χ3v) is 6.90. The van der Waals surface area contributed by atoms with Crippen LogP contribution in [0.3, 0.4) is 0 Å². The molecule has 0 amide bonds. The summed E-state index contributed by atoms with van der Waals surface area (Å²) in [4.78, 5) is 8.42. The Morgan fingerprint density at radius 3 is 2.71 bits per heavy atom. The lowest BCUT2D eigenvalue weighted by Gasteiger charge is -2.31. The zero-order valence-corrected chi connectivity index (χ0v) is 17.0. The van der Waals surface area contributed by atoms with E-state index in [0.29, 0.717) is 36.1 Å². The average molecular weight is 421 g/mol. The van der Waals surface area contributed by atoms with Gasteiger partial charge in [-0.15, -0.1) is 0 Å². The van der Waals surface area contributed by atoms with Gasteiger partial charge in [-0.3, -0.25) is 0 Å². The Morgan fingerprint density at radius 2 is 2.00 bits per heavy atom. The van der Waals surface area contributed by atoms with Gasteiger partial charge in [-0.05, 0) is 30.5 Å². The van der Waals surface area contributed by atoms with E-state index in [0.717, 1.165) is 18.4 Å². The molecule has 0 spiro atoms. The van der Waals surface area contributed by atoms with Gasteiger partial charge in [-0.25, -0.2) is 18.4 Å². The standard InChI is InChI=1S/C19H21ClN4O3S/c1-23-12-18(22-13-23)28(25,26)24-9-3-2-4-17(24)19-21-11-16(27-19)10-14-5-7-15(20)8-6-14/h5-8,11-13,17H,2-4,9-10H2,1H3. The molecular formula is C19H21ClN4O3S. The largest absolute Gasteiger partial charge is 0.444 e. The molecule has 148 valence electrons. The normalized spacial score (nSPS) is 18.4. The summed E-state index contributed by atoms with van der Waals surface area (Å²) < 4.78 is 35.2. The van der Waals surface area contributed by atoms with Crippen LogP contribution in [0, 0.1) is 0 Å². The molecule has 0 saturated carbocycles. The van der Waals surface area contributed by atoms with Crippen molar-refractivity contribution in [3.63, 3.8) is 0 Å². The van der Waals surface area contributed by atoms with E-state index in [1.165, 1.54) is 16.8 Å². The first kappa shape index (κ1) is 19.2. The highest BCUT2D eigenvalue weighted by atomic mass is 35.5. The maximum absolute atomic E-state index is 13.1. The summed E-state index contributed by atoms with van der Waals surface area (Å²) >= 11 is 5.93. The maximum Gasteiger partial charge on any atom is 0.262 e. The summed E-state index contributed by atoms with van der Waals surface area (Å²) in [5.41, 5.74) is 1.05. The van der Waals surface area contributed by atoms with E-state index in [9.17, 15) is 8.42 Å². The molecule has 9 heteroatoms. The van der Waals surface area contributed by atoms with E-state index in [-0.39, 0.29) is 5.03 Å². The second-order valence-electron chi connectivity index (χ2n) is 6.97. The Bertz CT molecular complexity index is 1060. The molecule has 1 saturated heterocycles. The molecule has 0 bridgehead atoms. The number of aryl methyl sites for hydroxylation is 1. The Labute approximate surface area is 169 Å². The molecule has 0 aliphatic carbocycles. The van der Waals surface area contributed by atoms with Gasteiger partial charge in [-0.1, -0.05) is 30.2 Å². The van der Waals surface area contributed by atoms with Crippen LogP contribution in [0.1, 0.15) is 42.5 Å². The molecule has 3 aromatic rings. The third kappa shape index (κ3) is 3.85. The smallest absolute Gasteiger partial charge is 0.262 e. The van der Waals surface area contributed by atoms with Gasteiger partial charge in [0.1, 0.15) is 11.8 Å². The van der Waals surface area contributed by atoms with Crippen molar-refractivity contribution in [2.24, 2.45) is 7.05 Å². The summed E-state index contributed by atoms with van der Waals surface area (Å²) in [6.45, 7) is 0.429. The van der Waals surface area contributed by atoms with Crippen molar-refractivity contribution in [1.29, 1.82) is 0 Å². The highest BCUT2D eigenvalue weighted by Gasteiger charge is 2.38. The van der Waals surface area contributed by atoms with Crippen LogP contribution < -0.4 is 0 Å². The maximum atomic E-state index is 13.1. The van der Waals surface area contributed by atoms with Crippen LogP contribution in [0.15, 0.2) is 52.4 Å². The van der Waals surface area contributed by atoms with Gasteiger partial charge >= 0.3 is 0 Å². The minimum absolute atomic E-state index is 0.0508. The molecule has 2 aromatic heterocycles. The van der Waals surface area contributed by atoms with Crippen molar-refractivity contribution in [2.75, 3.05) is 6.54 Å². The molecule has 1 aromatic carbocycles. The van der Waals surface area contributed by atoms with Crippen LogP contribution in [0.2, 0.25) is 5.02 Å². The number of hydrogen-bond donors (Lipinski definition) is 0. The second kappa shape index (κ2) is 7.69. The van der Waals surface area contributed by atoms with Gasteiger partial charge in [0.2, 0.25) is 5.89 Å². The lowest BCUT2D eigenvalue weighted by molar-refractivity contribution is 0.216. The Hall–Kier alpha value is -2.16. The summed E-state index contributed by atoms with van der Waals surface area (Å²) in [6, 6.07) is 7.11. The number of hydrogen-bond acceptors (Lipinski definition) is 5. The SMILES string of the molecule is Cn1cnc(S(=O)(=O)N2CCCCC2c2ncc(Cc3ccc(Cl)cc3)o2)c1. The van der Waals surface area contributed by atoms with E-state index in [1.807, 2.05) is 24.3 Å².